The maximum Gasteiger partial charge on any atom is 0.321 e. The molecule has 0 bridgehead atoms. The van der Waals surface area contributed by atoms with Crippen molar-refractivity contribution in [1.29, 1.82) is 0 Å². The van der Waals surface area contributed by atoms with E-state index in [-0.39, 0.29) is 19.0 Å². The number of rotatable bonds is 9. The zero-order valence-corrected chi connectivity index (χ0v) is 13.3. The Kier molecular flexibility index (Phi) is 9.14. The molecule has 5 nitrogen and oxygen atoms in total. The number of nitrogens with one attached hydrogen (secondary N) is 1. The van der Waals surface area contributed by atoms with Gasteiger partial charge in [-0.25, -0.2) is 9.97 Å². The lowest BCUT2D eigenvalue weighted by Crippen LogP contribution is -2.14. The Morgan fingerprint density at radius 1 is 1.05 bits per heavy atom. The number of aromatic nitrogens is 2. The van der Waals surface area contributed by atoms with E-state index in [9.17, 15) is 0 Å². The highest BCUT2D eigenvalue weighted by molar-refractivity contribution is 5.85. The fourth-order valence-electron chi connectivity index (χ4n) is 1.93. The van der Waals surface area contributed by atoms with Crippen LogP contribution in [0.25, 0.3) is 0 Å². The maximum absolute atomic E-state index is 8.71. The molecule has 1 aromatic carbocycles. The first-order valence-electron chi connectivity index (χ1n) is 7.24. The van der Waals surface area contributed by atoms with E-state index in [4.69, 9.17) is 9.84 Å². The molecular weight excluding hydrogens is 302 g/mol. The summed E-state index contributed by atoms with van der Waals surface area (Å²) in [7, 11) is 0. The summed E-state index contributed by atoms with van der Waals surface area (Å²) in [6, 6.07) is 9.99. The van der Waals surface area contributed by atoms with Crippen LogP contribution in [0.15, 0.2) is 42.7 Å². The summed E-state index contributed by atoms with van der Waals surface area (Å²) in [6.45, 7) is 2.03. The maximum atomic E-state index is 8.71. The van der Waals surface area contributed by atoms with Gasteiger partial charge in [0.15, 0.2) is 0 Å². The Labute approximate surface area is 137 Å². The molecule has 2 aromatic rings. The SMILES string of the molecule is Cl.OCCCCCNCc1cccc(Oc2ncccn2)c1. The first-order chi connectivity index (χ1) is 10.4. The number of benzene rings is 1. The van der Waals surface area contributed by atoms with Crippen molar-refractivity contribution in [3.63, 3.8) is 0 Å². The van der Waals surface area contributed by atoms with Crippen molar-refractivity contribution in [2.45, 2.75) is 25.8 Å². The van der Waals surface area contributed by atoms with Gasteiger partial charge in [-0.15, -0.1) is 12.4 Å². The Morgan fingerprint density at radius 2 is 1.86 bits per heavy atom. The quantitative estimate of drug-likeness (QED) is 0.694. The van der Waals surface area contributed by atoms with E-state index in [1.165, 1.54) is 0 Å². The van der Waals surface area contributed by atoms with Gasteiger partial charge >= 0.3 is 6.01 Å². The van der Waals surface area contributed by atoms with Crippen LogP contribution >= 0.6 is 12.4 Å². The first kappa shape index (κ1) is 18.4. The standard InChI is InChI=1S/C16H21N3O2.ClH/c20-11-3-1-2-8-17-13-14-6-4-7-15(12-14)21-16-18-9-5-10-19-16;/h4-7,9-10,12,17,20H,1-3,8,11,13H2;1H. The monoisotopic (exact) mass is 323 g/mol. The first-order valence-corrected chi connectivity index (χ1v) is 7.24. The van der Waals surface area contributed by atoms with Gasteiger partial charge in [0.1, 0.15) is 5.75 Å². The van der Waals surface area contributed by atoms with Crippen LogP contribution in [-0.2, 0) is 6.54 Å². The molecule has 1 aromatic heterocycles. The molecule has 0 saturated heterocycles. The Balaban J connectivity index is 0.00000242. The average Bonchev–Trinajstić information content (AvgIpc) is 2.52. The highest BCUT2D eigenvalue weighted by Crippen LogP contribution is 2.18. The third kappa shape index (κ3) is 6.85. The number of hydrogen-bond donors (Lipinski definition) is 2. The molecule has 22 heavy (non-hydrogen) atoms. The number of aliphatic hydroxyl groups excluding tert-OH is 1. The highest BCUT2D eigenvalue weighted by atomic mass is 35.5. The lowest BCUT2D eigenvalue weighted by Gasteiger charge is -2.07. The smallest absolute Gasteiger partial charge is 0.321 e. The van der Waals surface area contributed by atoms with E-state index >= 15 is 0 Å². The van der Waals surface area contributed by atoms with Crippen molar-refractivity contribution >= 4 is 12.4 Å². The minimum absolute atomic E-state index is 0. The van der Waals surface area contributed by atoms with Crippen LogP contribution < -0.4 is 10.1 Å². The van der Waals surface area contributed by atoms with Crippen LogP contribution in [0.2, 0.25) is 0 Å². The molecule has 0 saturated carbocycles. The van der Waals surface area contributed by atoms with Gasteiger partial charge in [-0.1, -0.05) is 12.1 Å². The van der Waals surface area contributed by atoms with Crippen LogP contribution in [0.4, 0.5) is 0 Å². The van der Waals surface area contributed by atoms with E-state index in [1.807, 2.05) is 18.2 Å². The summed E-state index contributed by atoms with van der Waals surface area (Å²) < 4.78 is 5.60. The molecule has 0 unspecified atom stereocenters. The molecule has 0 spiro atoms. The van der Waals surface area contributed by atoms with Gasteiger partial charge in [-0.2, -0.15) is 0 Å². The average molecular weight is 324 g/mol. The van der Waals surface area contributed by atoms with Gasteiger partial charge in [0.05, 0.1) is 0 Å². The Hall–Kier alpha value is -1.69. The number of hydrogen-bond acceptors (Lipinski definition) is 5. The molecule has 2 N–H and O–H groups in total. The van der Waals surface area contributed by atoms with Crippen LogP contribution in [0.5, 0.6) is 11.8 Å². The molecule has 0 aliphatic carbocycles. The van der Waals surface area contributed by atoms with Gasteiger partial charge in [-0.05, 0) is 49.6 Å². The van der Waals surface area contributed by atoms with Crippen molar-refractivity contribution in [3.8, 4) is 11.8 Å². The summed E-state index contributed by atoms with van der Waals surface area (Å²) >= 11 is 0. The predicted octanol–water partition coefficient (Wildman–Crippen LogP) is 2.94. The summed E-state index contributed by atoms with van der Waals surface area (Å²) in [5.74, 6) is 0.737. The summed E-state index contributed by atoms with van der Waals surface area (Å²) in [5, 5.41) is 12.1. The number of nitrogens with zero attached hydrogens (tertiary/aromatic N) is 2. The largest absolute Gasteiger partial charge is 0.424 e. The lowest BCUT2D eigenvalue weighted by atomic mass is 10.2. The van der Waals surface area contributed by atoms with Crippen molar-refractivity contribution in [2.24, 2.45) is 0 Å². The van der Waals surface area contributed by atoms with Gasteiger partial charge in [0, 0.05) is 25.5 Å². The molecule has 1 heterocycles. The molecule has 0 aliphatic heterocycles. The van der Waals surface area contributed by atoms with E-state index < -0.39 is 0 Å². The minimum atomic E-state index is 0. The third-order valence-corrected chi connectivity index (χ3v) is 2.99. The second kappa shape index (κ2) is 11.0. The van der Waals surface area contributed by atoms with Gasteiger partial charge in [-0.3, -0.25) is 0 Å². The molecule has 0 amide bonds. The van der Waals surface area contributed by atoms with E-state index in [0.717, 1.165) is 43.7 Å². The number of ether oxygens (including phenoxy) is 1. The van der Waals surface area contributed by atoms with Crippen LogP contribution in [0.1, 0.15) is 24.8 Å². The topological polar surface area (TPSA) is 67.3 Å². The van der Waals surface area contributed by atoms with Gasteiger partial charge in [0.25, 0.3) is 0 Å². The zero-order valence-electron chi connectivity index (χ0n) is 12.4. The minimum Gasteiger partial charge on any atom is -0.424 e. The van der Waals surface area contributed by atoms with E-state index in [1.54, 1.807) is 18.5 Å². The summed E-state index contributed by atoms with van der Waals surface area (Å²) in [4.78, 5) is 8.08. The zero-order chi connectivity index (χ0) is 14.8. The van der Waals surface area contributed by atoms with Crippen molar-refractivity contribution in [3.05, 3.63) is 48.3 Å². The number of halogens is 1. The molecular formula is C16H22ClN3O2. The fraction of sp³-hybridized carbons (Fsp3) is 0.375. The summed E-state index contributed by atoms with van der Waals surface area (Å²) in [6.07, 6.45) is 6.31. The molecule has 2 rings (SSSR count). The van der Waals surface area contributed by atoms with E-state index in [2.05, 4.69) is 21.4 Å². The van der Waals surface area contributed by atoms with Crippen molar-refractivity contribution in [1.82, 2.24) is 15.3 Å². The van der Waals surface area contributed by atoms with Crippen molar-refractivity contribution in [2.75, 3.05) is 13.2 Å². The molecule has 0 radical (unpaired) electrons. The van der Waals surface area contributed by atoms with Gasteiger partial charge < -0.3 is 15.2 Å². The fourth-order valence-corrected chi connectivity index (χ4v) is 1.93. The molecule has 120 valence electrons. The highest BCUT2D eigenvalue weighted by Gasteiger charge is 2.00. The third-order valence-electron chi connectivity index (χ3n) is 2.99. The van der Waals surface area contributed by atoms with Gasteiger partial charge in [0.2, 0.25) is 0 Å². The molecule has 0 fully saturated rings. The Bertz CT molecular complexity index is 526. The molecule has 6 heteroatoms. The number of unbranched alkanes of at least 4 members (excludes halogenated alkanes) is 2. The van der Waals surface area contributed by atoms with Crippen molar-refractivity contribution < 1.29 is 9.84 Å². The number of aliphatic hydroxyl groups is 1. The van der Waals surface area contributed by atoms with E-state index in [0.29, 0.717) is 6.01 Å². The molecule has 0 aliphatic rings. The lowest BCUT2D eigenvalue weighted by molar-refractivity contribution is 0.283. The second-order valence-electron chi connectivity index (χ2n) is 4.74. The normalized spacial score (nSPS) is 10.0. The predicted molar refractivity (Wildman–Crippen MR) is 88.4 cm³/mol. The van der Waals surface area contributed by atoms with Crippen LogP contribution in [-0.4, -0.2) is 28.2 Å². The second-order valence-corrected chi connectivity index (χ2v) is 4.74. The van der Waals surface area contributed by atoms with Crippen LogP contribution in [0.3, 0.4) is 0 Å². The Morgan fingerprint density at radius 3 is 2.64 bits per heavy atom. The van der Waals surface area contributed by atoms with Crippen LogP contribution in [0, 0.1) is 0 Å². The summed E-state index contributed by atoms with van der Waals surface area (Å²) in [5.41, 5.74) is 1.16. The molecule has 0 atom stereocenters.